The van der Waals surface area contributed by atoms with E-state index >= 15 is 0 Å². The number of ether oxygens (including phenoxy) is 1. The Bertz CT molecular complexity index is 1230. The van der Waals surface area contributed by atoms with Crippen molar-refractivity contribution in [2.45, 2.75) is 24.5 Å². The third kappa shape index (κ3) is 5.54. The minimum Gasteiger partial charge on any atom is -0.497 e. The van der Waals surface area contributed by atoms with Crippen LogP contribution in [0, 0.1) is 11.8 Å². The average molecular weight is 482 g/mol. The van der Waals surface area contributed by atoms with Crippen LogP contribution in [-0.2, 0) is 0 Å². The molecule has 2 heterocycles. The van der Waals surface area contributed by atoms with Crippen LogP contribution in [0.25, 0.3) is 0 Å². The summed E-state index contributed by atoms with van der Waals surface area (Å²) in [4.78, 5) is 17.2. The average Bonchev–Trinajstić information content (AvgIpc) is 3.21. The summed E-state index contributed by atoms with van der Waals surface area (Å²) >= 11 is 0. The normalized spacial score (nSPS) is 21.6. The molecular formula is C30H31N3O3. The Morgan fingerprint density at radius 3 is 2.31 bits per heavy atom. The molecule has 2 aliphatic heterocycles. The molecule has 5 rings (SSSR count). The summed E-state index contributed by atoms with van der Waals surface area (Å²) in [5.74, 6) is 7.48. The largest absolute Gasteiger partial charge is 0.497 e. The molecule has 184 valence electrons. The molecule has 3 aromatic carbocycles. The maximum atomic E-state index is 13.1. The number of hydrogen-bond acceptors (Lipinski definition) is 4. The number of benzene rings is 3. The first-order valence-corrected chi connectivity index (χ1v) is 12.4. The number of β-amino-alcohol motifs (C(OH)–C–C–N with tert-alkyl or cyclic N) is 1. The summed E-state index contributed by atoms with van der Waals surface area (Å²) in [7, 11) is 1.61. The molecule has 0 bridgehead atoms. The van der Waals surface area contributed by atoms with Gasteiger partial charge < -0.3 is 20.1 Å². The quantitative estimate of drug-likeness (QED) is 0.552. The van der Waals surface area contributed by atoms with E-state index in [9.17, 15) is 9.90 Å². The number of fused-ring (bicyclic) bond motifs is 1. The molecular weight excluding hydrogens is 450 g/mol. The Kier molecular flexibility index (Phi) is 7.22. The Balaban J connectivity index is 1.29. The molecule has 2 saturated heterocycles. The Morgan fingerprint density at radius 1 is 0.917 bits per heavy atom. The first-order valence-electron chi connectivity index (χ1n) is 12.4. The smallest absolute Gasteiger partial charge is 0.321 e. The molecule has 3 aromatic rings. The zero-order valence-electron chi connectivity index (χ0n) is 20.4. The van der Waals surface area contributed by atoms with Crippen LogP contribution >= 0.6 is 0 Å². The van der Waals surface area contributed by atoms with E-state index in [1.54, 1.807) is 12.0 Å². The molecule has 2 aliphatic rings. The van der Waals surface area contributed by atoms with Gasteiger partial charge in [0.15, 0.2) is 0 Å². The predicted octanol–water partition coefficient (Wildman–Crippen LogP) is 4.16. The fourth-order valence-corrected chi connectivity index (χ4v) is 5.18. The first-order chi connectivity index (χ1) is 17.6. The van der Waals surface area contributed by atoms with Crippen molar-refractivity contribution >= 4 is 11.7 Å². The van der Waals surface area contributed by atoms with Gasteiger partial charge in [-0.1, -0.05) is 42.2 Å². The van der Waals surface area contributed by atoms with E-state index < -0.39 is 6.10 Å². The van der Waals surface area contributed by atoms with Crippen molar-refractivity contribution in [3.8, 4) is 17.6 Å². The molecule has 0 aliphatic carbocycles. The van der Waals surface area contributed by atoms with Crippen molar-refractivity contribution in [1.82, 2.24) is 9.80 Å². The molecule has 6 heteroatoms. The highest BCUT2D eigenvalue weighted by Crippen LogP contribution is 2.35. The van der Waals surface area contributed by atoms with Crippen LogP contribution in [-0.4, -0.2) is 66.4 Å². The highest BCUT2D eigenvalue weighted by molar-refractivity contribution is 5.89. The van der Waals surface area contributed by atoms with Crippen LogP contribution in [0.15, 0.2) is 78.9 Å². The van der Waals surface area contributed by atoms with Gasteiger partial charge in [-0.3, -0.25) is 4.90 Å². The summed E-state index contributed by atoms with van der Waals surface area (Å²) in [6.07, 6.45) is 0.423. The number of carbonyl (C=O) groups excluding carboxylic acids is 1. The molecule has 0 aromatic heterocycles. The van der Waals surface area contributed by atoms with Gasteiger partial charge in [-0.15, -0.1) is 0 Å². The van der Waals surface area contributed by atoms with Gasteiger partial charge >= 0.3 is 6.03 Å². The van der Waals surface area contributed by atoms with Crippen molar-refractivity contribution < 1.29 is 14.6 Å². The molecule has 2 amide bonds. The van der Waals surface area contributed by atoms with Gasteiger partial charge in [-0.25, -0.2) is 4.79 Å². The lowest BCUT2D eigenvalue weighted by Gasteiger charge is -2.29. The predicted molar refractivity (Wildman–Crippen MR) is 141 cm³/mol. The second kappa shape index (κ2) is 10.9. The summed E-state index contributed by atoms with van der Waals surface area (Å²) in [6.45, 7) is 2.37. The molecule has 0 radical (unpaired) electrons. The molecule has 0 unspecified atom stereocenters. The van der Waals surface area contributed by atoms with Crippen LogP contribution < -0.4 is 10.1 Å². The van der Waals surface area contributed by atoms with E-state index in [0.29, 0.717) is 31.2 Å². The number of anilines is 1. The molecule has 2 N–H and O–H groups in total. The number of carbonyl (C=O) groups is 1. The summed E-state index contributed by atoms with van der Waals surface area (Å²) in [5.41, 5.74) is 3.93. The number of aliphatic hydroxyl groups is 1. The lowest BCUT2D eigenvalue weighted by molar-refractivity contribution is 0.115. The SMILES string of the molecule is COc1ccc(NC(=O)N2C[C@@H](O)CN3CC[C@H](c4ccc(C#Cc5ccccc5)cc4)[C@@H]3C2)cc1. The highest BCUT2D eigenvalue weighted by atomic mass is 16.5. The van der Waals surface area contributed by atoms with Crippen LogP contribution in [0.4, 0.5) is 10.5 Å². The van der Waals surface area contributed by atoms with Crippen LogP contribution in [0.3, 0.4) is 0 Å². The van der Waals surface area contributed by atoms with Crippen molar-refractivity contribution in [3.63, 3.8) is 0 Å². The Labute approximate surface area is 212 Å². The number of rotatable bonds is 3. The zero-order chi connectivity index (χ0) is 24.9. The number of urea groups is 1. The number of hydrogen-bond donors (Lipinski definition) is 2. The highest BCUT2D eigenvalue weighted by Gasteiger charge is 2.40. The van der Waals surface area contributed by atoms with Gasteiger partial charge in [0.25, 0.3) is 0 Å². The fourth-order valence-electron chi connectivity index (χ4n) is 5.18. The van der Waals surface area contributed by atoms with Crippen molar-refractivity contribution in [2.24, 2.45) is 0 Å². The van der Waals surface area contributed by atoms with Crippen LogP contribution in [0.1, 0.15) is 29.0 Å². The number of aliphatic hydroxyl groups excluding tert-OH is 1. The molecule has 2 fully saturated rings. The lowest BCUT2D eigenvalue weighted by atomic mass is 9.91. The number of nitrogens with zero attached hydrogens (tertiary/aromatic N) is 2. The van der Waals surface area contributed by atoms with Gasteiger partial charge in [0.2, 0.25) is 0 Å². The van der Waals surface area contributed by atoms with Gasteiger partial charge in [0.1, 0.15) is 5.75 Å². The summed E-state index contributed by atoms with van der Waals surface area (Å²) in [5, 5.41) is 13.6. The zero-order valence-corrected chi connectivity index (χ0v) is 20.4. The third-order valence-corrected chi connectivity index (χ3v) is 7.04. The van der Waals surface area contributed by atoms with Gasteiger partial charge in [0, 0.05) is 48.4 Å². The fraction of sp³-hybridized carbons (Fsp3) is 0.300. The standard InChI is InChI=1S/C30H31N3O3/c1-36-27-15-13-25(14-16-27)31-30(35)33-20-26(34)19-32-18-17-28(29(32)21-33)24-11-9-23(10-12-24)8-7-22-5-3-2-4-6-22/h2-6,9-16,26,28-29,34H,17-21H2,1H3,(H,31,35)/t26-,28+,29-/m0/s1. The van der Waals surface area contributed by atoms with Gasteiger partial charge in [-0.2, -0.15) is 0 Å². The molecule has 36 heavy (non-hydrogen) atoms. The van der Waals surface area contributed by atoms with E-state index in [4.69, 9.17) is 4.74 Å². The van der Waals surface area contributed by atoms with Crippen molar-refractivity contribution in [1.29, 1.82) is 0 Å². The third-order valence-electron chi connectivity index (χ3n) is 7.04. The number of methoxy groups -OCH3 is 1. The van der Waals surface area contributed by atoms with Crippen molar-refractivity contribution in [3.05, 3.63) is 95.6 Å². The minimum atomic E-state index is -0.578. The Morgan fingerprint density at radius 2 is 1.61 bits per heavy atom. The Hall–Kier alpha value is -3.79. The van der Waals surface area contributed by atoms with E-state index in [2.05, 4.69) is 46.3 Å². The molecule has 6 nitrogen and oxygen atoms in total. The minimum absolute atomic E-state index is 0.157. The monoisotopic (exact) mass is 481 g/mol. The number of nitrogens with one attached hydrogen (secondary N) is 1. The van der Waals surface area contributed by atoms with E-state index in [1.807, 2.05) is 54.6 Å². The second-order valence-corrected chi connectivity index (χ2v) is 9.41. The lowest BCUT2D eigenvalue weighted by Crippen LogP contribution is -2.43. The van der Waals surface area contributed by atoms with Crippen molar-refractivity contribution in [2.75, 3.05) is 38.6 Å². The van der Waals surface area contributed by atoms with Gasteiger partial charge in [-0.05, 0) is 67.1 Å². The topological polar surface area (TPSA) is 65.0 Å². The van der Waals surface area contributed by atoms with E-state index in [-0.39, 0.29) is 12.1 Å². The maximum absolute atomic E-state index is 13.1. The molecule has 3 atom stereocenters. The second-order valence-electron chi connectivity index (χ2n) is 9.41. The molecule has 0 spiro atoms. The summed E-state index contributed by atoms with van der Waals surface area (Å²) < 4.78 is 5.19. The van der Waals surface area contributed by atoms with E-state index in [1.165, 1.54) is 5.56 Å². The van der Waals surface area contributed by atoms with Crippen LogP contribution in [0.2, 0.25) is 0 Å². The maximum Gasteiger partial charge on any atom is 0.321 e. The van der Waals surface area contributed by atoms with Gasteiger partial charge in [0.05, 0.1) is 13.2 Å². The summed E-state index contributed by atoms with van der Waals surface area (Å²) in [6, 6.07) is 25.7. The number of amides is 2. The van der Waals surface area contributed by atoms with Crippen LogP contribution in [0.5, 0.6) is 5.75 Å². The first kappa shape index (κ1) is 23.9. The molecule has 0 saturated carbocycles. The van der Waals surface area contributed by atoms with E-state index in [0.717, 1.165) is 29.8 Å².